The van der Waals surface area contributed by atoms with E-state index in [1.807, 2.05) is 6.07 Å². The highest BCUT2D eigenvalue weighted by Crippen LogP contribution is 2.31. The van der Waals surface area contributed by atoms with Crippen LogP contribution in [0.3, 0.4) is 0 Å². The number of hydrogen-bond acceptors (Lipinski definition) is 8. The molecule has 10 heteroatoms. The second-order valence-electron chi connectivity index (χ2n) is 5.98. The number of nitrogens with one attached hydrogen (secondary N) is 2. The van der Waals surface area contributed by atoms with Crippen LogP contribution >= 0.6 is 0 Å². The fraction of sp³-hybridized carbons (Fsp3) is 0.211. The highest BCUT2D eigenvalue weighted by molar-refractivity contribution is 6.08. The van der Waals surface area contributed by atoms with Crippen LogP contribution in [-0.2, 0) is 6.42 Å². The zero-order chi connectivity index (χ0) is 21.0. The van der Waals surface area contributed by atoms with Crippen molar-refractivity contribution in [2.75, 3.05) is 31.8 Å². The molecule has 1 amide bonds. The molecule has 3 aromatic rings. The first-order valence-corrected chi connectivity index (χ1v) is 8.62. The standard InChI is InChI=1S/C19H18FN7O2/c1-23-19(28)15-11-7-10(20)3-4-13(11)27-14(16(15)29-2)5-6-24-18-12(8-21)17(22)25-9-26-18/h3-4,7,9H,5-6H2,1-2H3,(H,23,28)(H3,22,24,25,26). The summed E-state index contributed by atoms with van der Waals surface area (Å²) in [5.74, 6) is -0.258. The van der Waals surface area contributed by atoms with Crippen molar-refractivity contribution in [1.29, 1.82) is 5.26 Å². The van der Waals surface area contributed by atoms with Crippen molar-refractivity contribution in [2.45, 2.75) is 6.42 Å². The fourth-order valence-electron chi connectivity index (χ4n) is 2.95. The largest absolute Gasteiger partial charge is 0.494 e. The first kappa shape index (κ1) is 19.8. The number of nitriles is 1. The molecular formula is C19H18FN7O2. The molecule has 0 aliphatic heterocycles. The topological polar surface area (TPSA) is 139 Å². The van der Waals surface area contributed by atoms with E-state index in [2.05, 4.69) is 25.6 Å². The van der Waals surface area contributed by atoms with Crippen molar-refractivity contribution < 1.29 is 13.9 Å². The number of nitrogen functional groups attached to an aromatic ring is 1. The lowest BCUT2D eigenvalue weighted by atomic mass is 10.0. The second kappa shape index (κ2) is 8.35. The summed E-state index contributed by atoms with van der Waals surface area (Å²) in [4.78, 5) is 24.8. The van der Waals surface area contributed by atoms with E-state index < -0.39 is 11.7 Å². The van der Waals surface area contributed by atoms with Crippen molar-refractivity contribution >= 4 is 28.4 Å². The lowest BCUT2D eigenvalue weighted by Crippen LogP contribution is -2.21. The van der Waals surface area contributed by atoms with Gasteiger partial charge in [-0.2, -0.15) is 5.26 Å². The van der Waals surface area contributed by atoms with Crippen molar-refractivity contribution in [3.05, 3.63) is 47.2 Å². The summed E-state index contributed by atoms with van der Waals surface area (Å²) in [7, 11) is 2.90. The molecule has 0 unspecified atom stereocenters. The van der Waals surface area contributed by atoms with E-state index in [4.69, 9.17) is 10.5 Å². The Balaban J connectivity index is 1.97. The number of fused-ring (bicyclic) bond motifs is 1. The maximum Gasteiger partial charge on any atom is 0.255 e. The molecule has 148 valence electrons. The Kier molecular flexibility index (Phi) is 5.69. The van der Waals surface area contributed by atoms with Gasteiger partial charge in [-0.25, -0.2) is 19.3 Å². The van der Waals surface area contributed by atoms with Crippen LogP contribution in [-0.4, -0.2) is 41.6 Å². The quantitative estimate of drug-likeness (QED) is 0.572. The van der Waals surface area contributed by atoms with Crippen LogP contribution in [0.1, 0.15) is 21.6 Å². The molecule has 1 aromatic carbocycles. The normalized spacial score (nSPS) is 10.4. The van der Waals surface area contributed by atoms with Crippen LogP contribution in [0.15, 0.2) is 24.5 Å². The minimum atomic E-state index is -0.480. The summed E-state index contributed by atoms with van der Waals surface area (Å²) >= 11 is 0. The minimum Gasteiger partial charge on any atom is -0.494 e. The molecular weight excluding hydrogens is 377 g/mol. The lowest BCUT2D eigenvalue weighted by Gasteiger charge is -2.16. The number of rotatable bonds is 6. The van der Waals surface area contributed by atoms with E-state index in [0.717, 1.165) is 0 Å². The van der Waals surface area contributed by atoms with Gasteiger partial charge in [-0.05, 0) is 18.2 Å². The van der Waals surface area contributed by atoms with E-state index in [-0.39, 0.29) is 22.7 Å². The van der Waals surface area contributed by atoms with Gasteiger partial charge in [0.1, 0.15) is 35.4 Å². The van der Waals surface area contributed by atoms with E-state index in [1.165, 1.54) is 38.7 Å². The first-order chi connectivity index (χ1) is 14.0. The van der Waals surface area contributed by atoms with Crippen molar-refractivity contribution in [3.8, 4) is 11.8 Å². The van der Waals surface area contributed by atoms with Crippen LogP contribution in [0.25, 0.3) is 10.9 Å². The van der Waals surface area contributed by atoms with Crippen molar-refractivity contribution in [3.63, 3.8) is 0 Å². The van der Waals surface area contributed by atoms with Gasteiger partial charge in [0.2, 0.25) is 0 Å². The molecule has 0 aliphatic rings. The molecule has 9 nitrogen and oxygen atoms in total. The van der Waals surface area contributed by atoms with Crippen LogP contribution in [0.2, 0.25) is 0 Å². The molecule has 0 saturated carbocycles. The van der Waals surface area contributed by atoms with Crippen LogP contribution in [0, 0.1) is 17.1 Å². The number of benzene rings is 1. The van der Waals surface area contributed by atoms with E-state index >= 15 is 0 Å². The molecule has 0 aliphatic carbocycles. The number of nitrogens with zero attached hydrogens (tertiary/aromatic N) is 4. The summed E-state index contributed by atoms with van der Waals surface area (Å²) in [6.45, 7) is 0.328. The number of anilines is 2. The number of amides is 1. The van der Waals surface area contributed by atoms with Crippen molar-refractivity contribution in [1.82, 2.24) is 20.3 Å². The van der Waals surface area contributed by atoms with Gasteiger partial charge in [0.25, 0.3) is 5.91 Å². The zero-order valence-electron chi connectivity index (χ0n) is 15.8. The molecule has 0 saturated heterocycles. The third kappa shape index (κ3) is 3.84. The predicted octanol–water partition coefficient (Wildman–Crippen LogP) is 1.64. The summed E-state index contributed by atoms with van der Waals surface area (Å²) in [5.41, 5.74) is 7.00. The SMILES string of the molecule is CNC(=O)c1c(OC)c(CCNc2ncnc(N)c2C#N)nc2ccc(F)cc12. The maximum atomic E-state index is 13.8. The number of halogens is 1. The Morgan fingerprint density at radius 3 is 2.86 bits per heavy atom. The fourth-order valence-corrected chi connectivity index (χ4v) is 2.95. The van der Waals surface area contributed by atoms with Gasteiger partial charge >= 0.3 is 0 Å². The zero-order valence-corrected chi connectivity index (χ0v) is 15.8. The monoisotopic (exact) mass is 395 g/mol. The van der Waals surface area contributed by atoms with Gasteiger partial charge in [-0.15, -0.1) is 0 Å². The Morgan fingerprint density at radius 1 is 1.38 bits per heavy atom. The van der Waals surface area contributed by atoms with Gasteiger partial charge in [-0.3, -0.25) is 4.79 Å². The molecule has 0 fully saturated rings. The smallest absolute Gasteiger partial charge is 0.255 e. The van der Waals surface area contributed by atoms with Gasteiger partial charge in [0, 0.05) is 25.4 Å². The summed E-state index contributed by atoms with van der Waals surface area (Å²) in [6, 6.07) is 5.99. The van der Waals surface area contributed by atoms with E-state index in [1.54, 1.807) is 0 Å². The molecule has 29 heavy (non-hydrogen) atoms. The predicted molar refractivity (Wildman–Crippen MR) is 105 cm³/mol. The van der Waals surface area contributed by atoms with E-state index in [9.17, 15) is 14.4 Å². The molecule has 2 heterocycles. The van der Waals surface area contributed by atoms with Gasteiger partial charge in [0.15, 0.2) is 5.75 Å². The van der Waals surface area contributed by atoms with Crippen LogP contribution < -0.4 is 21.1 Å². The second-order valence-corrected chi connectivity index (χ2v) is 5.98. The molecule has 0 spiro atoms. The summed E-state index contributed by atoms with van der Waals surface area (Å²) < 4.78 is 19.2. The first-order valence-electron chi connectivity index (χ1n) is 8.62. The number of aromatic nitrogens is 3. The third-order valence-electron chi connectivity index (χ3n) is 4.27. The van der Waals surface area contributed by atoms with Gasteiger partial charge in [-0.1, -0.05) is 0 Å². The van der Waals surface area contributed by atoms with Gasteiger partial charge in [0.05, 0.1) is 23.9 Å². The molecule has 0 radical (unpaired) electrons. The van der Waals surface area contributed by atoms with E-state index in [0.29, 0.717) is 35.4 Å². The Bertz CT molecular complexity index is 1130. The molecule has 2 aromatic heterocycles. The van der Waals surface area contributed by atoms with Gasteiger partial charge < -0.3 is 21.1 Å². The molecule has 4 N–H and O–H groups in total. The number of hydrogen-bond donors (Lipinski definition) is 3. The number of pyridine rings is 1. The van der Waals surface area contributed by atoms with Crippen LogP contribution in [0.4, 0.5) is 16.0 Å². The highest BCUT2D eigenvalue weighted by Gasteiger charge is 2.21. The Labute approximate surface area is 165 Å². The third-order valence-corrected chi connectivity index (χ3v) is 4.27. The number of carbonyl (C=O) groups is 1. The van der Waals surface area contributed by atoms with Crippen molar-refractivity contribution in [2.24, 2.45) is 0 Å². The highest BCUT2D eigenvalue weighted by atomic mass is 19.1. The summed E-state index contributed by atoms with van der Waals surface area (Å²) in [6.07, 6.45) is 1.60. The average molecular weight is 395 g/mol. The lowest BCUT2D eigenvalue weighted by molar-refractivity contribution is 0.0961. The Hall–Kier alpha value is -4.00. The molecule has 0 bridgehead atoms. The number of ether oxygens (including phenoxy) is 1. The minimum absolute atomic E-state index is 0.0790. The summed E-state index contributed by atoms with van der Waals surface area (Å²) in [5, 5.41) is 15.1. The maximum absolute atomic E-state index is 13.8. The average Bonchev–Trinajstić information content (AvgIpc) is 2.72. The van der Waals surface area contributed by atoms with Crippen LogP contribution in [0.5, 0.6) is 5.75 Å². The molecule has 0 atom stereocenters. The number of methoxy groups -OCH3 is 1. The Morgan fingerprint density at radius 2 is 2.17 bits per heavy atom. The number of carbonyl (C=O) groups excluding carboxylic acids is 1. The molecule has 3 rings (SSSR count). The number of nitrogens with two attached hydrogens (primary N) is 1.